The van der Waals surface area contributed by atoms with E-state index in [2.05, 4.69) is 0 Å². The highest BCUT2D eigenvalue weighted by atomic mass is 32.2. The molecule has 120 valence electrons. The lowest BCUT2D eigenvalue weighted by Crippen LogP contribution is -2.43. The molecule has 6 nitrogen and oxygen atoms in total. The first-order valence-corrected chi connectivity index (χ1v) is 9.96. The van der Waals surface area contributed by atoms with E-state index in [1.807, 2.05) is 0 Å². The van der Waals surface area contributed by atoms with Gasteiger partial charge in [-0.15, -0.1) is 11.8 Å². The number of nitrogens with zero attached hydrogens (tertiary/aromatic N) is 1. The predicted octanol–water partition coefficient (Wildman–Crippen LogP) is 0.318. The number of likely N-dealkylation sites (tertiary alicyclic amines) is 1. The first-order chi connectivity index (χ1) is 9.91. The molecule has 2 saturated heterocycles. The van der Waals surface area contributed by atoms with Crippen LogP contribution in [0.25, 0.3) is 0 Å². The van der Waals surface area contributed by atoms with E-state index in [-0.39, 0.29) is 40.3 Å². The van der Waals surface area contributed by atoms with E-state index in [4.69, 9.17) is 4.74 Å². The van der Waals surface area contributed by atoms with Gasteiger partial charge in [-0.05, 0) is 19.3 Å². The number of piperidine rings is 1. The molecule has 2 rings (SSSR count). The molecule has 0 N–H and O–H groups in total. The number of esters is 1. The molecular formula is C13H21NO5S2. The lowest BCUT2D eigenvalue weighted by Gasteiger charge is -2.31. The second kappa shape index (κ2) is 7.00. The lowest BCUT2D eigenvalue weighted by molar-refractivity contribution is -0.148. The van der Waals surface area contributed by atoms with Gasteiger partial charge in [0.05, 0.1) is 30.3 Å². The Bertz CT molecular complexity index is 505. The lowest BCUT2D eigenvalue weighted by atomic mass is 9.98. The molecule has 0 aromatic carbocycles. The molecular weight excluding hydrogens is 314 g/mol. The van der Waals surface area contributed by atoms with Crippen molar-refractivity contribution in [3.05, 3.63) is 0 Å². The number of hydrogen-bond donors (Lipinski definition) is 0. The summed E-state index contributed by atoms with van der Waals surface area (Å²) in [6, 6.07) is 0. The van der Waals surface area contributed by atoms with Gasteiger partial charge in [0.1, 0.15) is 0 Å². The van der Waals surface area contributed by atoms with Crippen LogP contribution in [-0.4, -0.2) is 67.9 Å². The Balaban J connectivity index is 1.79. The van der Waals surface area contributed by atoms with E-state index >= 15 is 0 Å². The third-order valence-corrected chi connectivity index (χ3v) is 7.21. The summed E-state index contributed by atoms with van der Waals surface area (Å²) in [6.45, 7) is 1.07. The Labute approximate surface area is 129 Å². The van der Waals surface area contributed by atoms with E-state index in [9.17, 15) is 18.0 Å². The maximum Gasteiger partial charge on any atom is 0.310 e. The largest absolute Gasteiger partial charge is 0.469 e. The van der Waals surface area contributed by atoms with E-state index in [1.54, 1.807) is 4.90 Å². The van der Waals surface area contributed by atoms with Crippen LogP contribution in [0.3, 0.4) is 0 Å². The molecule has 2 aliphatic heterocycles. The van der Waals surface area contributed by atoms with Crippen molar-refractivity contribution in [3.63, 3.8) is 0 Å². The van der Waals surface area contributed by atoms with Crippen molar-refractivity contribution < 1.29 is 22.7 Å². The van der Waals surface area contributed by atoms with Crippen LogP contribution in [0.2, 0.25) is 0 Å². The van der Waals surface area contributed by atoms with Gasteiger partial charge in [-0.2, -0.15) is 0 Å². The zero-order chi connectivity index (χ0) is 15.5. The van der Waals surface area contributed by atoms with Crippen molar-refractivity contribution in [3.8, 4) is 0 Å². The summed E-state index contributed by atoms with van der Waals surface area (Å²) in [5.74, 6) is 0.182. The number of rotatable bonds is 4. The predicted molar refractivity (Wildman–Crippen MR) is 80.8 cm³/mol. The average molecular weight is 335 g/mol. The first-order valence-electron chi connectivity index (χ1n) is 7.09. The Morgan fingerprint density at radius 1 is 1.33 bits per heavy atom. The molecule has 2 heterocycles. The molecule has 2 atom stereocenters. The molecule has 2 fully saturated rings. The summed E-state index contributed by atoms with van der Waals surface area (Å²) >= 11 is 1.42. The number of carbonyl (C=O) groups is 2. The summed E-state index contributed by atoms with van der Waals surface area (Å²) in [4.78, 5) is 25.4. The van der Waals surface area contributed by atoms with Crippen LogP contribution in [0.15, 0.2) is 0 Å². The number of hydrogen-bond acceptors (Lipinski definition) is 6. The second-order valence-electron chi connectivity index (χ2n) is 5.54. The molecule has 2 unspecified atom stereocenters. The number of methoxy groups -OCH3 is 1. The smallest absolute Gasteiger partial charge is 0.310 e. The van der Waals surface area contributed by atoms with E-state index in [0.717, 1.165) is 12.8 Å². The fourth-order valence-electron chi connectivity index (χ4n) is 2.74. The van der Waals surface area contributed by atoms with Gasteiger partial charge in [0.15, 0.2) is 9.84 Å². The molecule has 0 aromatic rings. The minimum Gasteiger partial charge on any atom is -0.469 e. The highest BCUT2D eigenvalue weighted by molar-refractivity contribution is 8.02. The molecule has 0 spiro atoms. The number of amides is 1. The topological polar surface area (TPSA) is 80.8 Å². The van der Waals surface area contributed by atoms with Gasteiger partial charge in [0.25, 0.3) is 0 Å². The molecule has 0 saturated carbocycles. The molecule has 8 heteroatoms. The van der Waals surface area contributed by atoms with Crippen LogP contribution in [-0.2, 0) is 24.2 Å². The van der Waals surface area contributed by atoms with Gasteiger partial charge in [-0.1, -0.05) is 0 Å². The minimum absolute atomic E-state index is 0.0158. The van der Waals surface area contributed by atoms with Gasteiger partial charge < -0.3 is 9.64 Å². The third-order valence-electron chi connectivity index (χ3n) is 3.94. The van der Waals surface area contributed by atoms with Crippen LogP contribution in [0.1, 0.15) is 19.3 Å². The van der Waals surface area contributed by atoms with Gasteiger partial charge in [0.2, 0.25) is 5.91 Å². The van der Waals surface area contributed by atoms with E-state index in [1.165, 1.54) is 18.9 Å². The molecule has 0 bridgehead atoms. The summed E-state index contributed by atoms with van der Waals surface area (Å²) in [6.07, 6.45) is 2.18. The van der Waals surface area contributed by atoms with Crippen molar-refractivity contribution in [1.82, 2.24) is 4.90 Å². The van der Waals surface area contributed by atoms with E-state index in [0.29, 0.717) is 19.5 Å². The van der Waals surface area contributed by atoms with Crippen molar-refractivity contribution in [2.45, 2.75) is 24.5 Å². The maximum absolute atomic E-state index is 12.2. The van der Waals surface area contributed by atoms with Crippen molar-refractivity contribution in [2.75, 3.05) is 37.5 Å². The molecule has 2 aliphatic rings. The van der Waals surface area contributed by atoms with Gasteiger partial charge in [0, 0.05) is 18.3 Å². The summed E-state index contributed by atoms with van der Waals surface area (Å²) < 4.78 is 27.5. The Hall–Kier alpha value is -0.760. The maximum atomic E-state index is 12.2. The fourth-order valence-corrected chi connectivity index (χ4v) is 6.28. The van der Waals surface area contributed by atoms with Crippen molar-refractivity contribution in [2.24, 2.45) is 5.92 Å². The SMILES string of the molecule is COC(=O)C1CCCN(C(=O)CSC2CCS(=O)(=O)C2)C1. The van der Waals surface area contributed by atoms with Crippen molar-refractivity contribution >= 4 is 33.5 Å². The number of thioether (sulfide) groups is 1. The third kappa shape index (κ3) is 4.60. The summed E-state index contributed by atoms with van der Waals surface area (Å²) in [5.41, 5.74) is 0. The van der Waals surface area contributed by atoms with E-state index < -0.39 is 9.84 Å². The molecule has 1 amide bonds. The zero-order valence-electron chi connectivity index (χ0n) is 12.1. The fraction of sp³-hybridized carbons (Fsp3) is 0.846. The highest BCUT2D eigenvalue weighted by Gasteiger charge is 2.31. The quantitative estimate of drug-likeness (QED) is 0.688. The standard InChI is InChI=1S/C13H21NO5S2/c1-19-13(16)10-3-2-5-14(7-10)12(15)8-20-11-4-6-21(17,18)9-11/h10-11H,2-9H2,1H3. The highest BCUT2D eigenvalue weighted by Crippen LogP contribution is 2.25. The van der Waals surface area contributed by atoms with Crippen LogP contribution < -0.4 is 0 Å². The van der Waals surface area contributed by atoms with Crippen molar-refractivity contribution in [1.29, 1.82) is 0 Å². The number of carbonyl (C=O) groups excluding carboxylic acids is 2. The number of sulfone groups is 1. The van der Waals surface area contributed by atoms with Gasteiger partial charge in [-0.25, -0.2) is 8.42 Å². The summed E-state index contributed by atoms with van der Waals surface area (Å²) in [5, 5.41) is 0.0279. The van der Waals surface area contributed by atoms with Gasteiger partial charge >= 0.3 is 5.97 Å². The molecule has 0 aliphatic carbocycles. The minimum atomic E-state index is -2.90. The normalized spacial score (nSPS) is 28.3. The van der Waals surface area contributed by atoms with Crippen LogP contribution >= 0.6 is 11.8 Å². The Kier molecular flexibility index (Phi) is 5.54. The van der Waals surface area contributed by atoms with Crippen LogP contribution in [0.5, 0.6) is 0 Å². The molecule has 0 radical (unpaired) electrons. The molecule has 21 heavy (non-hydrogen) atoms. The molecule has 0 aromatic heterocycles. The van der Waals surface area contributed by atoms with Crippen LogP contribution in [0.4, 0.5) is 0 Å². The average Bonchev–Trinajstić information content (AvgIpc) is 2.83. The Morgan fingerprint density at radius 2 is 2.10 bits per heavy atom. The van der Waals surface area contributed by atoms with Gasteiger partial charge in [-0.3, -0.25) is 9.59 Å². The first kappa shape index (κ1) is 16.6. The summed E-state index contributed by atoms with van der Waals surface area (Å²) in [7, 11) is -1.54. The second-order valence-corrected chi connectivity index (χ2v) is 9.06. The Morgan fingerprint density at radius 3 is 2.71 bits per heavy atom. The zero-order valence-corrected chi connectivity index (χ0v) is 13.7. The monoisotopic (exact) mass is 335 g/mol. The number of ether oxygens (including phenoxy) is 1. The van der Waals surface area contributed by atoms with Crippen LogP contribution in [0, 0.1) is 5.92 Å².